The Hall–Kier alpha value is -5.52. The Labute approximate surface area is 376 Å². The van der Waals surface area contributed by atoms with Gasteiger partial charge in [0.25, 0.3) is 0 Å². The third-order valence-corrected chi connectivity index (χ3v) is 14.8. The molecule has 4 saturated heterocycles. The lowest BCUT2D eigenvalue weighted by molar-refractivity contribution is -0.134. The number of aromatic nitrogens is 3. The molecule has 15 heteroatoms. The summed E-state index contributed by atoms with van der Waals surface area (Å²) in [6.45, 7) is 1.30. The highest BCUT2D eigenvalue weighted by atomic mass is 35.5. The van der Waals surface area contributed by atoms with Crippen LogP contribution in [0.2, 0.25) is 10.0 Å². The number of hydrogen-bond donors (Lipinski definition) is 1. The second-order valence-corrected chi connectivity index (χ2v) is 18.5. The van der Waals surface area contributed by atoms with Gasteiger partial charge in [-0.3, -0.25) is 14.5 Å². The van der Waals surface area contributed by atoms with Crippen LogP contribution < -0.4 is 10.2 Å². The van der Waals surface area contributed by atoms with Crippen molar-refractivity contribution in [2.24, 2.45) is 11.8 Å². The summed E-state index contributed by atoms with van der Waals surface area (Å²) in [5.41, 5.74) is 3.70. The first kappa shape index (κ1) is 41.2. The van der Waals surface area contributed by atoms with E-state index in [0.29, 0.717) is 53.0 Å². The van der Waals surface area contributed by atoms with Crippen LogP contribution in [-0.2, 0) is 27.4 Å². The number of carbonyl (C=O) groups excluding carboxylic acids is 2. The number of hydrogen-bond acceptors (Lipinski definition) is 7. The van der Waals surface area contributed by atoms with Gasteiger partial charge in [0.05, 0.1) is 52.1 Å². The maximum Gasteiger partial charge on any atom is 0.228 e. The number of nitrogens with zero attached hydrogens (tertiary/aromatic N) is 6. The SMILES string of the molecule is N#CCCc1cc2c(nc(-c3ccc(N4CCCC4=O)nc3)c3cc(C4CC(OCc5c(F)cccc5F)CN4C(=O)C4CC4)n(C4C5CNC4C5)c32)c(F)c1-c1cccc(Cl)c1Cl. The zero-order valence-electron chi connectivity index (χ0n) is 34.6. The van der Waals surface area contributed by atoms with E-state index in [1.807, 2.05) is 17.0 Å². The third kappa shape index (κ3) is 6.84. The number of benzene rings is 3. The minimum absolute atomic E-state index is 0.00147. The van der Waals surface area contributed by atoms with E-state index in [-0.39, 0.29) is 88.4 Å². The van der Waals surface area contributed by atoms with Gasteiger partial charge in [0.15, 0.2) is 5.82 Å². The molecule has 7 heterocycles. The summed E-state index contributed by atoms with van der Waals surface area (Å²) >= 11 is 13.3. The zero-order chi connectivity index (χ0) is 44.0. The summed E-state index contributed by atoms with van der Waals surface area (Å²) in [6, 6.07) is 18.2. The van der Waals surface area contributed by atoms with Gasteiger partial charge in [0, 0.05) is 95.8 Å². The molecule has 5 unspecified atom stereocenters. The number of anilines is 1. The Morgan fingerprint density at radius 2 is 1.83 bits per heavy atom. The highest BCUT2D eigenvalue weighted by molar-refractivity contribution is 6.43. The third-order valence-electron chi connectivity index (χ3n) is 14.0. The van der Waals surface area contributed by atoms with E-state index in [0.717, 1.165) is 48.8 Å². The lowest BCUT2D eigenvalue weighted by atomic mass is 9.79. The van der Waals surface area contributed by atoms with Crippen molar-refractivity contribution in [1.29, 1.82) is 5.26 Å². The Morgan fingerprint density at radius 3 is 2.52 bits per heavy atom. The van der Waals surface area contributed by atoms with Crippen LogP contribution in [0.5, 0.6) is 0 Å². The normalized spacial score (nSPS) is 22.8. The smallest absolute Gasteiger partial charge is 0.228 e. The van der Waals surface area contributed by atoms with Crippen LogP contribution in [0.3, 0.4) is 0 Å². The van der Waals surface area contributed by atoms with E-state index in [4.69, 9.17) is 37.9 Å². The molecule has 10 nitrogen and oxygen atoms in total. The number of aryl methyl sites for hydroxylation is 1. The number of amides is 2. The molecule has 3 aromatic carbocycles. The van der Waals surface area contributed by atoms with E-state index in [1.165, 1.54) is 18.2 Å². The first-order valence-corrected chi connectivity index (χ1v) is 22.7. The van der Waals surface area contributed by atoms with Crippen molar-refractivity contribution >= 4 is 62.6 Å². The van der Waals surface area contributed by atoms with Crippen LogP contribution in [0.1, 0.15) is 73.9 Å². The minimum Gasteiger partial charge on any atom is -0.371 e. The fourth-order valence-corrected chi connectivity index (χ4v) is 11.0. The quantitative estimate of drug-likeness (QED) is 0.138. The van der Waals surface area contributed by atoms with Gasteiger partial charge in [0.1, 0.15) is 23.0 Å². The fourth-order valence-electron chi connectivity index (χ4n) is 10.6. The summed E-state index contributed by atoms with van der Waals surface area (Å²) < 4.78 is 56.1. The van der Waals surface area contributed by atoms with E-state index in [9.17, 15) is 23.6 Å². The number of likely N-dealkylation sites (tertiary alicyclic amines) is 1. The molecule has 2 aliphatic carbocycles. The number of ether oxygens (including phenoxy) is 1. The van der Waals surface area contributed by atoms with Crippen molar-refractivity contribution in [2.45, 2.75) is 82.2 Å². The molecule has 1 N–H and O–H groups in total. The number of carbonyl (C=O) groups is 2. The van der Waals surface area contributed by atoms with Gasteiger partial charge >= 0.3 is 0 Å². The average molecular weight is 905 g/mol. The van der Waals surface area contributed by atoms with Gasteiger partial charge in [-0.15, -0.1) is 0 Å². The first-order chi connectivity index (χ1) is 31.1. The number of rotatable bonds is 11. The molecule has 6 fully saturated rings. The predicted molar refractivity (Wildman–Crippen MR) is 237 cm³/mol. The molecule has 2 saturated carbocycles. The van der Waals surface area contributed by atoms with Crippen molar-refractivity contribution in [3.05, 3.63) is 111 Å². The topological polar surface area (TPSA) is 116 Å². The van der Waals surface area contributed by atoms with Gasteiger partial charge in [0.2, 0.25) is 11.8 Å². The molecule has 12 rings (SSSR count). The summed E-state index contributed by atoms with van der Waals surface area (Å²) in [4.78, 5) is 40.4. The van der Waals surface area contributed by atoms with Gasteiger partial charge < -0.3 is 19.5 Å². The number of pyridine rings is 2. The lowest BCUT2D eigenvalue weighted by Crippen LogP contribution is -2.41. The fraction of sp³-hybridized carbons (Fsp3) is 0.367. The zero-order valence-corrected chi connectivity index (χ0v) is 36.1. The highest BCUT2D eigenvalue weighted by Crippen LogP contribution is 2.52. The molecule has 4 aliphatic heterocycles. The second-order valence-electron chi connectivity index (χ2n) is 17.7. The molecular formula is C49H42Cl2F3N7O3. The molecule has 0 radical (unpaired) electrons. The van der Waals surface area contributed by atoms with Crippen molar-refractivity contribution in [1.82, 2.24) is 24.8 Å². The Kier molecular flexibility index (Phi) is 10.4. The number of halogens is 5. The molecule has 2 bridgehead atoms. The maximum atomic E-state index is 17.9. The predicted octanol–water partition coefficient (Wildman–Crippen LogP) is 10.0. The standard InChI is InChI=1S/C49H42Cl2F3N7O3/c50-34-7-1-6-30(43(34)51)42-26(5-3-15-55)17-31-46(44(42)54)58-45(27-13-14-40(57-21-27)59-16-4-10-41(59)62)32-20-39(61(48(31)32)47-28-18-37(47)56-22-28)38-19-29(23-60(38)49(63)25-11-12-25)64-24-33-35(52)8-2-9-36(33)53/h1-2,6-9,13-14,17,20-21,25,28-29,37-38,47,56H,3-5,10-12,16,18-19,22-24H2. The van der Waals surface area contributed by atoms with Gasteiger partial charge in [-0.2, -0.15) is 5.26 Å². The molecule has 64 heavy (non-hydrogen) atoms. The van der Waals surface area contributed by atoms with Gasteiger partial charge in [-0.25, -0.2) is 23.1 Å². The highest BCUT2D eigenvalue weighted by Gasteiger charge is 2.51. The number of nitriles is 1. The van der Waals surface area contributed by atoms with E-state index >= 15 is 4.39 Å². The molecule has 6 aromatic rings. The largest absolute Gasteiger partial charge is 0.371 e. The van der Waals surface area contributed by atoms with Crippen LogP contribution in [0.4, 0.5) is 19.0 Å². The number of fused-ring (bicyclic) bond motifs is 4. The summed E-state index contributed by atoms with van der Waals surface area (Å²) in [5, 5.41) is 15.2. The average Bonchev–Trinajstić information content (AvgIpc) is 3.72. The van der Waals surface area contributed by atoms with Crippen LogP contribution in [0, 0.1) is 40.6 Å². The molecule has 6 aliphatic rings. The molecular weight excluding hydrogens is 862 g/mol. The molecule has 0 spiro atoms. The van der Waals surface area contributed by atoms with Crippen LogP contribution in [0.25, 0.3) is 44.2 Å². The summed E-state index contributed by atoms with van der Waals surface area (Å²) in [5.74, 6) is -1.35. The van der Waals surface area contributed by atoms with Gasteiger partial charge in [-0.05, 0) is 86.1 Å². The van der Waals surface area contributed by atoms with Gasteiger partial charge in [-0.1, -0.05) is 41.4 Å². The summed E-state index contributed by atoms with van der Waals surface area (Å²) in [7, 11) is 0. The maximum absolute atomic E-state index is 17.9. The molecule has 3 aromatic heterocycles. The number of nitrogens with one attached hydrogen (secondary N) is 1. The van der Waals surface area contributed by atoms with Crippen molar-refractivity contribution in [2.75, 3.05) is 24.5 Å². The second kappa shape index (κ2) is 16.2. The first-order valence-electron chi connectivity index (χ1n) is 22.0. The Balaban J connectivity index is 1.15. The minimum atomic E-state index is -0.697. The monoisotopic (exact) mass is 903 g/mol. The van der Waals surface area contributed by atoms with Crippen molar-refractivity contribution in [3.63, 3.8) is 0 Å². The van der Waals surface area contributed by atoms with Crippen molar-refractivity contribution < 1.29 is 27.5 Å². The van der Waals surface area contributed by atoms with Crippen molar-refractivity contribution in [3.8, 4) is 28.5 Å². The van der Waals surface area contributed by atoms with Crippen LogP contribution >= 0.6 is 23.2 Å². The van der Waals surface area contributed by atoms with E-state index in [1.54, 1.807) is 35.4 Å². The Morgan fingerprint density at radius 1 is 1.02 bits per heavy atom. The molecule has 326 valence electrons. The van der Waals surface area contributed by atoms with E-state index in [2.05, 4.69) is 22.0 Å². The van der Waals surface area contributed by atoms with Crippen LogP contribution in [-0.4, -0.2) is 63.0 Å². The lowest BCUT2D eigenvalue weighted by Gasteiger charge is -2.39. The Bertz CT molecular complexity index is 2920. The molecule has 5 atom stereocenters. The summed E-state index contributed by atoms with van der Waals surface area (Å²) in [6.07, 6.45) is 5.54. The van der Waals surface area contributed by atoms with Crippen LogP contribution in [0.15, 0.2) is 66.9 Å². The van der Waals surface area contributed by atoms with E-state index < -0.39 is 29.6 Å². The molecule has 2 amide bonds.